The predicted octanol–water partition coefficient (Wildman–Crippen LogP) is 3.67. The first-order valence-corrected chi connectivity index (χ1v) is 6.72. The summed E-state index contributed by atoms with van der Waals surface area (Å²) >= 11 is 6.02. The molecule has 0 aliphatic carbocycles. The number of rotatable bonds is 3. The molecule has 0 atom stereocenters. The van der Waals surface area contributed by atoms with Gasteiger partial charge in [0.15, 0.2) is 0 Å². The van der Waals surface area contributed by atoms with Crippen molar-refractivity contribution in [3.8, 4) is 11.6 Å². The number of para-hydroxylation sites is 1. The third-order valence-electron chi connectivity index (χ3n) is 3.04. The van der Waals surface area contributed by atoms with Crippen molar-refractivity contribution in [2.24, 2.45) is 5.84 Å². The van der Waals surface area contributed by atoms with Crippen LogP contribution in [0.5, 0.6) is 11.6 Å². The molecule has 5 nitrogen and oxygen atoms in total. The molecular weight excluding hydrogens is 288 g/mol. The molecule has 0 saturated carbocycles. The fourth-order valence-corrected chi connectivity index (χ4v) is 2.10. The highest BCUT2D eigenvalue weighted by Crippen LogP contribution is 2.30. The van der Waals surface area contributed by atoms with Crippen molar-refractivity contribution >= 4 is 28.5 Å². The fourth-order valence-electron chi connectivity index (χ4n) is 1.98. The number of fused-ring (bicyclic) bond motifs is 1. The van der Waals surface area contributed by atoms with Crippen LogP contribution in [0, 0.1) is 6.92 Å². The lowest BCUT2D eigenvalue weighted by atomic mass is 10.2. The average Bonchev–Trinajstić information content (AvgIpc) is 2.51. The number of nitrogens with two attached hydrogens (primary N) is 1. The number of ether oxygens (including phenoxy) is 1. The molecule has 0 bridgehead atoms. The topological polar surface area (TPSA) is 73.1 Å². The number of hydrazine groups is 1. The van der Waals surface area contributed by atoms with Gasteiger partial charge in [0.05, 0.1) is 10.9 Å². The molecule has 0 spiro atoms. The summed E-state index contributed by atoms with van der Waals surface area (Å²) in [5.74, 6) is 6.80. The van der Waals surface area contributed by atoms with Crippen LogP contribution in [0.3, 0.4) is 0 Å². The number of halogens is 1. The second-order valence-corrected chi connectivity index (χ2v) is 4.93. The molecule has 6 heteroatoms. The first kappa shape index (κ1) is 13.6. The average molecular weight is 301 g/mol. The van der Waals surface area contributed by atoms with Gasteiger partial charge in [-0.1, -0.05) is 23.7 Å². The Morgan fingerprint density at radius 2 is 1.95 bits per heavy atom. The van der Waals surface area contributed by atoms with E-state index >= 15 is 0 Å². The van der Waals surface area contributed by atoms with Crippen LogP contribution in [0.1, 0.15) is 5.56 Å². The van der Waals surface area contributed by atoms with Gasteiger partial charge in [-0.3, -0.25) is 5.43 Å². The van der Waals surface area contributed by atoms with Crippen LogP contribution in [-0.4, -0.2) is 9.97 Å². The molecule has 0 aliphatic rings. The van der Waals surface area contributed by atoms with Crippen molar-refractivity contribution in [3.05, 3.63) is 53.1 Å². The van der Waals surface area contributed by atoms with Gasteiger partial charge in [0.2, 0.25) is 11.8 Å². The van der Waals surface area contributed by atoms with E-state index in [-0.39, 0.29) is 0 Å². The maximum atomic E-state index is 6.02. The van der Waals surface area contributed by atoms with Crippen LogP contribution in [0.25, 0.3) is 10.9 Å². The summed E-state index contributed by atoms with van der Waals surface area (Å²) in [5, 5.41) is 1.50. The van der Waals surface area contributed by atoms with Crippen molar-refractivity contribution in [1.82, 2.24) is 9.97 Å². The van der Waals surface area contributed by atoms with E-state index in [1.165, 1.54) is 0 Å². The molecule has 0 saturated heterocycles. The van der Waals surface area contributed by atoms with Crippen molar-refractivity contribution in [2.75, 3.05) is 5.43 Å². The van der Waals surface area contributed by atoms with Crippen molar-refractivity contribution in [1.29, 1.82) is 0 Å². The number of nitrogens with zero attached hydrogens (tertiary/aromatic N) is 2. The molecule has 3 rings (SSSR count). The number of nitrogens with one attached hydrogen (secondary N) is 1. The van der Waals surface area contributed by atoms with Crippen LogP contribution in [-0.2, 0) is 0 Å². The summed E-state index contributed by atoms with van der Waals surface area (Å²) < 4.78 is 5.86. The first-order valence-electron chi connectivity index (χ1n) is 6.35. The zero-order chi connectivity index (χ0) is 14.8. The Morgan fingerprint density at radius 1 is 1.14 bits per heavy atom. The van der Waals surface area contributed by atoms with Crippen molar-refractivity contribution < 1.29 is 4.74 Å². The van der Waals surface area contributed by atoms with Gasteiger partial charge in [-0.25, -0.2) is 10.8 Å². The Bertz CT molecular complexity index is 807. The fraction of sp³-hybridized carbons (Fsp3) is 0.0667. The molecule has 0 amide bonds. The SMILES string of the molecule is Cc1cc(Oc2nc(NN)nc3ccccc23)ccc1Cl. The number of nitrogen functional groups attached to an aromatic ring is 1. The highest BCUT2D eigenvalue weighted by atomic mass is 35.5. The summed E-state index contributed by atoms with van der Waals surface area (Å²) in [4.78, 5) is 8.54. The number of anilines is 1. The zero-order valence-electron chi connectivity index (χ0n) is 11.3. The predicted molar refractivity (Wildman–Crippen MR) is 83.6 cm³/mol. The van der Waals surface area contributed by atoms with Gasteiger partial charge in [0.25, 0.3) is 0 Å². The van der Waals surface area contributed by atoms with E-state index in [9.17, 15) is 0 Å². The molecule has 106 valence electrons. The molecule has 1 heterocycles. The Balaban J connectivity index is 2.08. The van der Waals surface area contributed by atoms with Gasteiger partial charge in [0.1, 0.15) is 5.75 Å². The summed E-state index contributed by atoms with van der Waals surface area (Å²) in [7, 11) is 0. The van der Waals surface area contributed by atoms with Crippen molar-refractivity contribution in [2.45, 2.75) is 6.92 Å². The second-order valence-electron chi connectivity index (χ2n) is 4.53. The molecular formula is C15H13ClN4O. The lowest BCUT2D eigenvalue weighted by Crippen LogP contribution is -2.11. The third kappa shape index (κ3) is 2.74. The Morgan fingerprint density at radius 3 is 2.71 bits per heavy atom. The summed E-state index contributed by atoms with van der Waals surface area (Å²) in [6.45, 7) is 1.92. The smallest absolute Gasteiger partial charge is 0.241 e. The number of hydrogen-bond donors (Lipinski definition) is 2. The van der Waals surface area contributed by atoms with E-state index in [1.54, 1.807) is 12.1 Å². The Labute approximate surface area is 126 Å². The van der Waals surface area contributed by atoms with Crippen LogP contribution < -0.4 is 16.0 Å². The molecule has 0 fully saturated rings. The highest BCUT2D eigenvalue weighted by molar-refractivity contribution is 6.31. The van der Waals surface area contributed by atoms with E-state index in [2.05, 4.69) is 15.4 Å². The largest absolute Gasteiger partial charge is 0.438 e. The van der Waals surface area contributed by atoms with Gasteiger partial charge in [-0.2, -0.15) is 4.98 Å². The minimum Gasteiger partial charge on any atom is -0.438 e. The molecule has 2 aromatic carbocycles. The van der Waals surface area contributed by atoms with E-state index in [0.29, 0.717) is 22.6 Å². The number of hydrogen-bond acceptors (Lipinski definition) is 5. The monoisotopic (exact) mass is 300 g/mol. The van der Waals surface area contributed by atoms with Gasteiger partial charge < -0.3 is 4.74 Å². The van der Waals surface area contributed by atoms with Gasteiger partial charge in [-0.05, 0) is 42.8 Å². The first-order chi connectivity index (χ1) is 10.2. The quantitative estimate of drug-likeness (QED) is 0.570. The third-order valence-corrected chi connectivity index (χ3v) is 3.47. The standard InChI is InChI=1S/C15H13ClN4O/c1-9-8-10(6-7-12(9)16)21-14-11-4-2-3-5-13(11)18-15(19-14)20-17/h2-8H,17H2,1H3,(H,18,19,20). The molecule has 0 unspecified atom stereocenters. The number of benzene rings is 2. The van der Waals surface area contributed by atoms with Gasteiger partial charge in [0, 0.05) is 5.02 Å². The molecule has 21 heavy (non-hydrogen) atoms. The van der Waals surface area contributed by atoms with Crippen LogP contribution >= 0.6 is 11.6 Å². The van der Waals surface area contributed by atoms with E-state index < -0.39 is 0 Å². The Hall–Kier alpha value is -2.37. The summed E-state index contributed by atoms with van der Waals surface area (Å²) in [5.41, 5.74) is 4.13. The number of aromatic nitrogens is 2. The van der Waals surface area contributed by atoms with E-state index in [4.69, 9.17) is 22.2 Å². The molecule has 3 N–H and O–H groups in total. The van der Waals surface area contributed by atoms with Gasteiger partial charge >= 0.3 is 0 Å². The van der Waals surface area contributed by atoms with Crippen LogP contribution in [0.4, 0.5) is 5.95 Å². The summed E-state index contributed by atoms with van der Waals surface area (Å²) in [6, 6.07) is 13.0. The lowest BCUT2D eigenvalue weighted by Gasteiger charge is -2.10. The maximum Gasteiger partial charge on any atom is 0.241 e. The van der Waals surface area contributed by atoms with Crippen LogP contribution in [0.2, 0.25) is 5.02 Å². The van der Waals surface area contributed by atoms with E-state index in [1.807, 2.05) is 37.3 Å². The minimum atomic E-state index is 0.300. The molecule has 3 aromatic rings. The van der Waals surface area contributed by atoms with E-state index in [0.717, 1.165) is 16.5 Å². The zero-order valence-corrected chi connectivity index (χ0v) is 12.1. The molecule has 0 aliphatic heterocycles. The minimum absolute atomic E-state index is 0.300. The summed E-state index contributed by atoms with van der Waals surface area (Å²) in [6.07, 6.45) is 0. The second kappa shape index (κ2) is 5.55. The van der Waals surface area contributed by atoms with Crippen LogP contribution in [0.15, 0.2) is 42.5 Å². The Kier molecular flexibility index (Phi) is 3.60. The maximum absolute atomic E-state index is 6.02. The van der Waals surface area contributed by atoms with Crippen molar-refractivity contribution in [3.63, 3.8) is 0 Å². The van der Waals surface area contributed by atoms with Gasteiger partial charge in [-0.15, -0.1) is 0 Å². The highest BCUT2D eigenvalue weighted by Gasteiger charge is 2.09. The molecule has 0 radical (unpaired) electrons. The number of aryl methyl sites for hydroxylation is 1. The normalized spacial score (nSPS) is 10.6. The lowest BCUT2D eigenvalue weighted by molar-refractivity contribution is 0.468. The molecule has 1 aromatic heterocycles.